The molecular weight excluding hydrogens is 328 g/mol. The van der Waals surface area contributed by atoms with Crippen molar-refractivity contribution in [1.82, 2.24) is 10.2 Å². The zero-order chi connectivity index (χ0) is 17.6. The van der Waals surface area contributed by atoms with Gasteiger partial charge in [-0.3, -0.25) is 4.79 Å². The van der Waals surface area contributed by atoms with Gasteiger partial charge in [0, 0.05) is 32.3 Å². The molecule has 7 heteroatoms. The van der Waals surface area contributed by atoms with Crippen molar-refractivity contribution in [3.8, 4) is 5.75 Å². The quantitative estimate of drug-likeness (QED) is 0.715. The molecular formula is C17H26N2O4S. The molecule has 1 atom stereocenters. The number of hydrogen-bond acceptors (Lipinski definition) is 5. The summed E-state index contributed by atoms with van der Waals surface area (Å²) in [6, 6.07) is 6.70. The Kier molecular flexibility index (Phi) is 6.62. The lowest BCUT2D eigenvalue weighted by molar-refractivity contribution is -0.130. The normalized spacial score (nSPS) is 17.7. The molecule has 1 fully saturated rings. The first kappa shape index (κ1) is 18.7. The number of amides is 1. The van der Waals surface area contributed by atoms with E-state index in [1.165, 1.54) is 18.4 Å². The van der Waals surface area contributed by atoms with Gasteiger partial charge in [0.05, 0.1) is 11.5 Å². The fourth-order valence-corrected chi connectivity index (χ4v) is 3.33. The number of nitrogens with zero attached hydrogens (tertiary/aromatic N) is 1. The van der Waals surface area contributed by atoms with Crippen LogP contribution in [0.25, 0.3) is 0 Å². The third-order valence-electron chi connectivity index (χ3n) is 4.17. The highest BCUT2D eigenvalue weighted by Crippen LogP contribution is 2.16. The van der Waals surface area contributed by atoms with E-state index in [0.29, 0.717) is 31.4 Å². The molecule has 2 rings (SSSR count). The van der Waals surface area contributed by atoms with E-state index < -0.39 is 9.84 Å². The number of carbonyl (C=O) groups excluding carboxylic acids is 1. The van der Waals surface area contributed by atoms with Crippen LogP contribution in [-0.2, 0) is 14.6 Å². The number of rotatable bonds is 8. The number of nitrogens with one attached hydrogen (secondary N) is 1. The Hall–Kier alpha value is -1.60. The van der Waals surface area contributed by atoms with Gasteiger partial charge < -0.3 is 15.0 Å². The number of sulfone groups is 1. The van der Waals surface area contributed by atoms with Gasteiger partial charge >= 0.3 is 0 Å². The summed E-state index contributed by atoms with van der Waals surface area (Å²) in [5, 5.41) is 3.33. The van der Waals surface area contributed by atoms with Gasteiger partial charge in [0.2, 0.25) is 5.91 Å². The maximum Gasteiger partial charge on any atom is 0.223 e. The predicted molar refractivity (Wildman–Crippen MR) is 92.9 cm³/mol. The molecule has 134 valence electrons. The van der Waals surface area contributed by atoms with E-state index in [9.17, 15) is 13.2 Å². The minimum absolute atomic E-state index is 0.159. The van der Waals surface area contributed by atoms with Crippen molar-refractivity contribution >= 4 is 15.7 Å². The minimum atomic E-state index is -3.18. The molecule has 24 heavy (non-hydrogen) atoms. The van der Waals surface area contributed by atoms with Crippen molar-refractivity contribution in [2.45, 2.75) is 36.6 Å². The van der Waals surface area contributed by atoms with Gasteiger partial charge in [0.25, 0.3) is 0 Å². The van der Waals surface area contributed by atoms with Crippen molar-refractivity contribution in [3.63, 3.8) is 0 Å². The summed E-state index contributed by atoms with van der Waals surface area (Å²) in [6.45, 7) is 2.14. The summed E-state index contributed by atoms with van der Waals surface area (Å²) < 4.78 is 28.4. The lowest BCUT2D eigenvalue weighted by Gasteiger charge is -2.19. The van der Waals surface area contributed by atoms with E-state index in [4.69, 9.17) is 4.74 Å². The van der Waals surface area contributed by atoms with Gasteiger partial charge in [-0.05, 0) is 50.1 Å². The van der Waals surface area contributed by atoms with Crippen molar-refractivity contribution in [2.75, 3.05) is 33.0 Å². The Morgan fingerprint density at radius 2 is 2.04 bits per heavy atom. The highest BCUT2D eigenvalue weighted by molar-refractivity contribution is 7.90. The Bertz CT molecular complexity index is 637. The van der Waals surface area contributed by atoms with Gasteiger partial charge in [-0.2, -0.15) is 0 Å². The molecule has 1 aliphatic rings. The summed E-state index contributed by atoms with van der Waals surface area (Å²) in [5.74, 6) is 0.790. The van der Waals surface area contributed by atoms with E-state index in [0.717, 1.165) is 25.8 Å². The molecule has 0 radical (unpaired) electrons. The van der Waals surface area contributed by atoms with Gasteiger partial charge in [-0.15, -0.1) is 0 Å². The van der Waals surface area contributed by atoms with Gasteiger partial charge in [-0.1, -0.05) is 0 Å². The Morgan fingerprint density at radius 1 is 1.33 bits per heavy atom. The number of ether oxygens (including phenoxy) is 1. The van der Waals surface area contributed by atoms with Gasteiger partial charge in [-0.25, -0.2) is 8.42 Å². The summed E-state index contributed by atoms with van der Waals surface area (Å²) in [4.78, 5) is 14.1. The molecule has 0 bridgehead atoms. The Morgan fingerprint density at radius 3 is 2.62 bits per heavy atom. The van der Waals surface area contributed by atoms with Crippen LogP contribution in [-0.4, -0.2) is 58.3 Å². The first-order valence-electron chi connectivity index (χ1n) is 8.26. The van der Waals surface area contributed by atoms with Crippen molar-refractivity contribution in [3.05, 3.63) is 24.3 Å². The Labute approximate surface area is 144 Å². The molecule has 1 amide bonds. The van der Waals surface area contributed by atoms with E-state index >= 15 is 0 Å². The Balaban J connectivity index is 1.67. The van der Waals surface area contributed by atoms with Gasteiger partial charge in [0.15, 0.2) is 9.84 Å². The third kappa shape index (κ3) is 5.79. The second-order valence-corrected chi connectivity index (χ2v) is 8.27. The van der Waals surface area contributed by atoms with Crippen LogP contribution in [0.3, 0.4) is 0 Å². The maximum atomic E-state index is 12.1. The van der Waals surface area contributed by atoms with Crippen molar-refractivity contribution in [1.29, 1.82) is 0 Å². The van der Waals surface area contributed by atoms with Crippen molar-refractivity contribution in [2.24, 2.45) is 0 Å². The van der Waals surface area contributed by atoms with Crippen LogP contribution in [0.5, 0.6) is 5.75 Å². The largest absolute Gasteiger partial charge is 0.494 e. The van der Waals surface area contributed by atoms with E-state index in [-0.39, 0.29) is 10.8 Å². The molecule has 0 aromatic heterocycles. The molecule has 1 N–H and O–H groups in total. The fraction of sp³-hybridized carbons (Fsp3) is 0.588. The number of carbonyl (C=O) groups is 1. The average molecular weight is 354 g/mol. The summed E-state index contributed by atoms with van der Waals surface area (Å²) >= 11 is 0. The zero-order valence-corrected chi connectivity index (χ0v) is 15.1. The molecule has 1 unspecified atom stereocenters. The highest BCUT2D eigenvalue weighted by Gasteiger charge is 2.19. The summed E-state index contributed by atoms with van der Waals surface area (Å²) in [7, 11) is -1.36. The molecule has 1 aromatic rings. The van der Waals surface area contributed by atoms with Crippen LogP contribution in [0.2, 0.25) is 0 Å². The topological polar surface area (TPSA) is 75.7 Å². The SMILES string of the molecule is CN(CCCOc1ccc(S(C)(=O)=O)cc1)C(=O)CC1CCCN1. The zero-order valence-electron chi connectivity index (χ0n) is 14.3. The highest BCUT2D eigenvalue weighted by atomic mass is 32.2. The van der Waals surface area contributed by atoms with Crippen LogP contribution < -0.4 is 10.1 Å². The minimum Gasteiger partial charge on any atom is -0.494 e. The molecule has 1 aromatic carbocycles. The lowest BCUT2D eigenvalue weighted by atomic mass is 10.1. The predicted octanol–water partition coefficient (Wildman–Crippen LogP) is 1.46. The van der Waals surface area contributed by atoms with Crippen LogP contribution in [0, 0.1) is 0 Å². The number of benzene rings is 1. The first-order valence-corrected chi connectivity index (χ1v) is 10.2. The van der Waals surface area contributed by atoms with Crippen LogP contribution in [0.4, 0.5) is 0 Å². The van der Waals surface area contributed by atoms with E-state index in [1.54, 1.807) is 17.0 Å². The third-order valence-corrected chi connectivity index (χ3v) is 5.30. The summed E-state index contributed by atoms with van der Waals surface area (Å²) in [6.07, 6.45) is 4.69. The van der Waals surface area contributed by atoms with E-state index in [1.807, 2.05) is 7.05 Å². The molecule has 0 saturated carbocycles. The van der Waals surface area contributed by atoms with Gasteiger partial charge in [0.1, 0.15) is 5.75 Å². The molecule has 0 aliphatic carbocycles. The monoisotopic (exact) mass is 354 g/mol. The first-order chi connectivity index (χ1) is 11.4. The van der Waals surface area contributed by atoms with Crippen LogP contribution >= 0.6 is 0 Å². The van der Waals surface area contributed by atoms with Crippen molar-refractivity contribution < 1.29 is 17.9 Å². The summed E-state index contributed by atoms with van der Waals surface area (Å²) in [5.41, 5.74) is 0. The maximum absolute atomic E-state index is 12.1. The fourth-order valence-electron chi connectivity index (χ4n) is 2.70. The molecule has 1 aliphatic heterocycles. The van der Waals surface area contributed by atoms with Crippen LogP contribution in [0.15, 0.2) is 29.2 Å². The second kappa shape index (κ2) is 8.48. The van der Waals surface area contributed by atoms with E-state index in [2.05, 4.69) is 5.32 Å². The molecule has 1 saturated heterocycles. The standard InChI is InChI=1S/C17H26N2O4S/c1-19(17(20)13-14-5-3-10-18-14)11-4-12-23-15-6-8-16(9-7-15)24(2,21)22/h6-9,14,18H,3-5,10-13H2,1-2H3. The molecule has 1 heterocycles. The molecule has 6 nitrogen and oxygen atoms in total. The molecule has 0 spiro atoms. The lowest BCUT2D eigenvalue weighted by Crippen LogP contribution is -2.34. The second-order valence-electron chi connectivity index (χ2n) is 6.26. The average Bonchev–Trinajstić information content (AvgIpc) is 3.04. The van der Waals surface area contributed by atoms with Crippen LogP contribution in [0.1, 0.15) is 25.7 Å². The smallest absolute Gasteiger partial charge is 0.223 e. The number of hydrogen-bond donors (Lipinski definition) is 1.